The summed E-state index contributed by atoms with van der Waals surface area (Å²) < 4.78 is 12.9. The Bertz CT molecular complexity index is 393. The van der Waals surface area contributed by atoms with Crippen molar-refractivity contribution in [1.29, 1.82) is 0 Å². The molecule has 1 amide bonds. The summed E-state index contributed by atoms with van der Waals surface area (Å²) in [6.45, 7) is 4.65. The molecule has 1 atom stereocenters. The predicted octanol–water partition coefficient (Wildman–Crippen LogP) is 1.86. The third-order valence-corrected chi connectivity index (χ3v) is 2.59. The summed E-state index contributed by atoms with van der Waals surface area (Å²) in [5.41, 5.74) is 6.54. The molecule has 0 aromatic heterocycles. The van der Waals surface area contributed by atoms with Crippen LogP contribution < -0.4 is 11.1 Å². The van der Waals surface area contributed by atoms with Gasteiger partial charge in [-0.05, 0) is 30.0 Å². The molecule has 0 aliphatic heterocycles. The van der Waals surface area contributed by atoms with E-state index in [-0.39, 0.29) is 24.2 Å². The van der Waals surface area contributed by atoms with Crippen molar-refractivity contribution in [3.8, 4) is 0 Å². The van der Waals surface area contributed by atoms with Crippen LogP contribution >= 0.6 is 0 Å². The summed E-state index contributed by atoms with van der Waals surface area (Å²) in [7, 11) is 0. The van der Waals surface area contributed by atoms with Crippen molar-refractivity contribution in [3.63, 3.8) is 0 Å². The zero-order valence-corrected chi connectivity index (χ0v) is 10.9. The van der Waals surface area contributed by atoms with E-state index in [4.69, 9.17) is 5.73 Å². The van der Waals surface area contributed by atoms with Crippen LogP contribution in [-0.2, 0) is 11.2 Å². The average Bonchev–Trinajstić information content (AvgIpc) is 2.25. The SMILES string of the molecule is CC(C)CC(N)CNC(=O)Cc1cccc(F)c1. The van der Waals surface area contributed by atoms with E-state index < -0.39 is 0 Å². The Balaban J connectivity index is 2.34. The van der Waals surface area contributed by atoms with Crippen molar-refractivity contribution in [2.24, 2.45) is 11.7 Å². The summed E-state index contributed by atoms with van der Waals surface area (Å²) in [4.78, 5) is 11.6. The predicted molar refractivity (Wildman–Crippen MR) is 70.5 cm³/mol. The minimum atomic E-state index is -0.322. The van der Waals surface area contributed by atoms with Gasteiger partial charge in [-0.2, -0.15) is 0 Å². The molecule has 18 heavy (non-hydrogen) atoms. The molecule has 0 aliphatic rings. The van der Waals surface area contributed by atoms with Crippen LogP contribution in [0.5, 0.6) is 0 Å². The van der Waals surface area contributed by atoms with Gasteiger partial charge in [-0.25, -0.2) is 4.39 Å². The molecule has 1 rings (SSSR count). The van der Waals surface area contributed by atoms with E-state index in [2.05, 4.69) is 19.2 Å². The first-order chi connectivity index (χ1) is 8.47. The quantitative estimate of drug-likeness (QED) is 0.812. The molecule has 0 spiro atoms. The van der Waals surface area contributed by atoms with Crippen LogP contribution in [0.4, 0.5) is 4.39 Å². The number of hydrogen-bond acceptors (Lipinski definition) is 2. The van der Waals surface area contributed by atoms with Crippen LogP contribution in [0, 0.1) is 11.7 Å². The van der Waals surface area contributed by atoms with Gasteiger partial charge in [-0.1, -0.05) is 26.0 Å². The number of nitrogens with two attached hydrogens (primary N) is 1. The number of rotatable bonds is 6. The maximum Gasteiger partial charge on any atom is 0.224 e. The van der Waals surface area contributed by atoms with Crippen molar-refractivity contribution >= 4 is 5.91 Å². The number of carbonyl (C=O) groups is 1. The molecule has 0 heterocycles. The molecule has 0 bridgehead atoms. The second-order valence-electron chi connectivity index (χ2n) is 5.00. The molecule has 0 saturated carbocycles. The lowest BCUT2D eigenvalue weighted by Crippen LogP contribution is -2.38. The second kappa shape index (κ2) is 7.11. The van der Waals surface area contributed by atoms with Crippen LogP contribution in [-0.4, -0.2) is 18.5 Å². The van der Waals surface area contributed by atoms with Crippen LogP contribution in [0.15, 0.2) is 24.3 Å². The fourth-order valence-electron chi connectivity index (χ4n) is 1.83. The number of benzene rings is 1. The molecule has 1 unspecified atom stereocenters. The van der Waals surface area contributed by atoms with Gasteiger partial charge < -0.3 is 11.1 Å². The summed E-state index contributed by atoms with van der Waals surface area (Å²) in [5, 5.41) is 2.77. The van der Waals surface area contributed by atoms with Gasteiger partial charge in [0.2, 0.25) is 5.91 Å². The second-order valence-corrected chi connectivity index (χ2v) is 5.00. The number of carbonyl (C=O) groups excluding carboxylic acids is 1. The first kappa shape index (κ1) is 14.6. The van der Waals surface area contributed by atoms with Crippen molar-refractivity contribution in [3.05, 3.63) is 35.6 Å². The molecule has 0 aliphatic carbocycles. The van der Waals surface area contributed by atoms with Crippen LogP contribution in [0.1, 0.15) is 25.8 Å². The summed E-state index contributed by atoms with van der Waals surface area (Å²) in [6, 6.07) is 6.04. The number of hydrogen-bond donors (Lipinski definition) is 2. The highest BCUT2D eigenvalue weighted by Gasteiger charge is 2.08. The van der Waals surface area contributed by atoms with E-state index in [1.807, 2.05) is 0 Å². The van der Waals surface area contributed by atoms with Gasteiger partial charge in [-0.3, -0.25) is 4.79 Å². The Morgan fingerprint density at radius 1 is 1.44 bits per heavy atom. The van der Waals surface area contributed by atoms with Crippen LogP contribution in [0.25, 0.3) is 0 Å². The summed E-state index contributed by atoms with van der Waals surface area (Å²) in [5.74, 6) is 0.0664. The zero-order chi connectivity index (χ0) is 13.5. The van der Waals surface area contributed by atoms with Gasteiger partial charge in [-0.15, -0.1) is 0 Å². The number of amides is 1. The van der Waals surface area contributed by atoms with Gasteiger partial charge in [0.05, 0.1) is 6.42 Å². The minimum absolute atomic E-state index is 0.0264. The molecule has 0 radical (unpaired) electrons. The largest absolute Gasteiger partial charge is 0.354 e. The number of halogens is 1. The van der Waals surface area contributed by atoms with Gasteiger partial charge in [0, 0.05) is 12.6 Å². The maximum absolute atomic E-state index is 12.9. The summed E-state index contributed by atoms with van der Waals surface area (Å²) >= 11 is 0. The van der Waals surface area contributed by atoms with Crippen molar-refractivity contribution in [2.45, 2.75) is 32.7 Å². The van der Waals surface area contributed by atoms with Crippen LogP contribution in [0.3, 0.4) is 0 Å². The van der Waals surface area contributed by atoms with E-state index in [9.17, 15) is 9.18 Å². The van der Waals surface area contributed by atoms with Crippen molar-refractivity contribution in [2.75, 3.05) is 6.54 Å². The van der Waals surface area contributed by atoms with Gasteiger partial charge in [0.25, 0.3) is 0 Å². The Hall–Kier alpha value is -1.42. The van der Waals surface area contributed by atoms with Gasteiger partial charge >= 0.3 is 0 Å². The zero-order valence-electron chi connectivity index (χ0n) is 10.9. The molecule has 0 fully saturated rings. The molecule has 3 N–H and O–H groups in total. The van der Waals surface area contributed by atoms with Gasteiger partial charge in [0.1, 0.15) is 5.82 Å². The topological polar surface area (TPSA) is 55.1 Å². The molecule has 3 nitrogen and oxygen atoms in total. The fourth-order valence-corrected chi connectivity index (χ4v) is 1.83. The normalized spacial score (nSPS) is 12.5. The standard InChI is InChI=1S/C14H21FN2O/c1-10(2)6-13(16)9-17-14(18)8-11-4-3-5-12(15)7-11/h3-5,7,10,13H,6,8-9,16H2,1-2H3,(H,17,18). The first-order valence-electron chi connectivity index (χ1n) is 6.24. The van der Waals surface area contributed by atoms with Crippen molar-refractivity contribution in [1.82, 2.24) is 5.32 Å². The monoisotopic (exact) mass is 252 g/mol. The van der Waals surface area contributed by atoms with E-state index in [0.717, 1.165) is 6.42 Å². The minimum Gasteiger partial charge on any atom is -0.354 e. The lowest BCUT2D eigenvalue weighted by atomic mass is 10.0. The lowest BCUT2D eigenvalue weighted by Gasteiger charge is -2.14. The third kappa shape index (κ3) is 5.77. The lowest BCUT2D eigenvalue weighted by molar-refractivity contribution is -0.120. The highest BCUT2D eigenvalue weighted by Crippen LogP contribution is 2.04. The molecular formula is C14H21FN2O. The van der Waals surface area contributed by atoms with E-state index >= 15 is 0 Å². The highest BCUT2D eigenvalue weighted by molar-refractivity contribution is 5.78. The molecule has 1 aromatic carbocycles. The molecule has 100 valence electrons. The fraction of sp³-hybridized carbons (Fsp3) is 0.500. The Kier molecular flexibility index (Phi) is 5.78. The smallest absolute Gasteiger partial charge is 0.224 e. The van der Waals surface area contributed by atoms with Crippen LogP contribution in [0.2, 0.25) is 0 Å². The first-order valence-corrected chi connectivity index (χ1v) is 6.24. The highest BCUT2D eigenvalue weighted by atomic mass is 19.1. The number of nitrogens with one attached hydrogen (secondary N) is 1. The van der Waals surface area contributed by atoms with Gasteiger partial charge in [0.15, 0.2) is 0 Å². The Morgan fingerprint density at radius 2 is 2.17 bits per heavy atom. The Morgan fingerprint density at radius 3 is 2.78 bits per heavy atom. The maximum atomic E-state index is 12.9. The summed E-state index contributed by atoms with van der Waals surface area (Å²) in [6.07, 6.45) is 1.06. The molecule has 4 heteroatoms. The van der Waals surface area contributed by atoms with Crippen molar-refractivity contribution < 1.29 is 9.18 Å². The van der Waals surface area contributed by atoms with E-state index in [1.165, 1.54) is 12.1 Å². The van der Waals surface area contributed by atoms with E-state index in [1.54, 1.807) is 12.1 Å². The molecule has 0 saturated heterocycles. The molecular weight excluding hydrogens is 231 g/mol. The average molecular weight is 252 g/mol. The van der Waals surface area contributed by atoms with E-state index in [0.29, 0.717) is 18.0 Å². The Labute approximate surface area is 108 Å². The molecule has 1 aromatic rings. The third-order valence-electron chi connectivity index (χ3n) is 2.59.